The third-order valence-corrected chi connectivity index (χ3v) is 23.8. The van der Waals surface area contributed by atoms with Crippen LogP contribution in [0.25, 0.3) is 0 Å². The van der Waals surface area contributed by atoms with Gasteiger partial charge in [-0.05, 0) is 26.7 Å². The Hall–Kier alpha value is -5.39. The number of esters is 1. The Balaban J connectivity index is 1.15. The molecule has 131 heavy (non-hydrogen) atoms. The molecule has 30 N–H and O–H groups in total. The van der Waals surface area contributed by atoms with Gasteiger partial charge in [-0.15, -0.1) is 0 Å². The van der Waals surface area contributed by atoms with E-state index in [1.165, 1.54) is 13.8 Å². The molecule has 9 fully saturated rings. The molecule has 0 aromatic rings. The number of aliphatic hydroxyl groups excluding tert-OH is 24. The van der Waals surface area contributed by atoms with Gasteiger partial charge < -0.3 is 244 Å². The van der Waals surface area contributed by atoms with Crippen LogP contribution >= 0.6 is 0 Å². The van der Waals surface area contributed by atoms with Gasteiger partial charge >= 0.3 is 17.9 Å². The largest absolute Gasteiger partial charge is 0.477 e. The summed E-state index contributed by atoms with van der Waals surface area (Å²) in [6.07, 6.45) is -94.2. The molecule has 0 aromatic heterocycles. The van der Waals surface area contributed by atoms with Gasteiger partial charge in [0.2, 0.25) is 23.6 Å². The number of aliphatic hydroxyl groups is 24. The van der Waals surface area contributed by atoms with Gasteiger partial charge in [-0.2, -0.15) is 0 Å². The number of hydrogen-bond acceptors (Lipinski definition) is 50. The van der Waals surface area contributed by atoms with Crippen molar-refractivity contribution in [2.45, 2.75) is 367 Å². The number of carbonyl (C=O) groups excluding carboxylic acids is 5. The average Bonchev–Trinajstić information content (AvgIpc) is 0.750. The number of carbonyl (C=O) groups is 7. The van der Waals surface area contributed by atoms with Gasteiger partial charge in [-0.3, -0.25) is 24.0 Å². The van der Waals surface area contributed by atoms with E-state index in [1.807, 2.05) is 0 Å². The van der Waals surface area contributed by atoms with E-state index in [4.69, 9.17) is 90.0 Å². The number of ether oxygens (including phenoxy) is 19. The maximum Gasteiger partial charge on any atom is 0.364 e. The number of nitrogens with one attached hydrogen (secondary N) is 4. The zero-order valence-electron chi connectivity index (χ0n) is 71.6. The van der Waals surface area contributed by atoms with Crippen molar-refractivity contribution in [3.05, 3.63) is 0 Å². The first-order valence-corrected chi connectivity index (χ1v) is 42.0. The van der Waals surface area contributed by atoms with Gasteiger partial charge in [-0.25, -0.2) is 9.59 Å². The highest BCUT2D eigenvalue weighted by Crippen LogP contribution is 2.45. The first kappa shape index (κ1) is 109. The van der Waals surface area contributed by atoms with Crippen molar-refractivity contribution in [1.82, 2.24) is 21.3 Å². The molecule has 4 amide bonds. The van der Waals surface area contributed by atoms with Crippen molar-refractivity contribution in [1.29, 1.82) is 0 Å². The summed E-state index contributed by atoms with van der Waals surface area (Å²) in [4.78, 5) is 92.2. The first-order valence-electron chi connectivity index (χ1n) is 42.0. The van der Waals surface area contributed by atoms with Crippen LogP contribution in [-0.2, 0) is 124 Å². The summed E-state index contributed by atoms with van der Waals surface area (Å²) >= 11 is 0. The van der Waals surface area contributed by atoms with E-state index in [0.717, 1.165) is 34.8 Å². The fourth-order valence-electron chi connectivity index (χ4n) is 16.8. The summed E-state index contributed by atoms with van der Waals surface area (Å²) in [5.41, 5.74) is 0. The highest BCUT2D eigenvalue weighted by Gasteiger charge is 2.66. The molecule has 9 aliphatic heterocycles. The molecule has 0 bridgehead atoms. The van der Waals surface area contributed by atoms with Gasteiger partial charge in [-0.1, -0.05) is 6.42 Å². The normalized spacial score (nSPS) is 44.4. The molecule has 9 rings (SSSR count). The quantitative estimate of drug-likeness (QED) is 0.0200. The fraction of sp³-hybridized carbons (Fsp3) is 0.907. The van der Waals surface area contributed by atoms with Crippen LogP contribution in [0.15, 0.2) is 0 Å². The average molecular weight is 1910 g/mol. The van der Waals surface area contributed by atoms with Crippen molar-refractivity contribution >= 4 is 41.5 Å². The summed E-state index contributed by atoms with van der Waals surface area (Å²) in [6.45, 7) is -3.46. The van der Waals surface area contributed by atoms with E-state index in [0.29, 0.717) is 0 Å². The zero-order valence-corrected chi connectivity index (χ0v) is 71.6. The molecule has 9 heterocycles. The monoisotopic (exact) mass is 1910 g/mol. The fourth-order valence-corrected chi connectivity index (χ4v) is 16.8. The van der Waals surface area contributed by atoms with Crippen LogP contribution in [0.3, 0.4) is 0 Å². The number of unbranched alkanes of at least 4 members (excludes halogenated alkanes) is 2. The summed E-state index contributed by atoms with van der Waals surface area (Å²) in [5.74, 6) is -15.8. The molecule has 47 atom stereocenters. The number of amides is 4. The molecule has 0 spiro atoms. The van der Waals surface area contributed by atoms with Crippen LogP contribution in [0.1, 0.15) is 80.1 Å². The van der Waals surface area contributed by atoms with Crippen LogP contribution in [-0.4, -0.2) is 522 Å². The van der Waals surface area contributed by atoms with Gasteiger partial charge in [0.15, 0.2) is 44.0 Å². The second kappa shape index (κ2) is 47.8. The van der Waals surface area contributed by atoms with Gasteiger partial charge in [0, 0.05) is 53.6 Å². The molecule has 56 nitrogen and oxygen atoms in total. The number of aliphatic carboxylic acids is 2. The van der Waals surface area contributed by atoms with E-state index in [2.05, 4.69) is 21.3 Å². The Labute approximate surface area is 744 Å². The second-order valence-electron chi connectivity index (χ2n) is 33.2. The Kier molecular flexibility index (Phi) is 39.9. The molecule has 0 aromatic carbocycles. The lowest BCUT2D eigenvalue weighted by atomic mass is 9.88. The summed E-state index contributed by atoms with van der Waals surface area (Å²) in [7, 11) is 1.14. The topological polar surface area (TPSA) is 869 Å². The maximum atomic E-state index is 14.0. The number of hydrogen-bond donors (Lipinski definition) is 30. The molecule has 756 valence electrons. The predicted octanol–water partition coefficient (Wildman–Crippen LogP) is -17.8. The minimum Gasteiger partial charge on any atom is -0.477 e. The van der Waals surface area contributed by atoms with Gasteiger partial charge in [0.25, 0.3) is 11.6 Å². The van der Waals surface area contributed by atoms with Crippen LogP contribution in [0.2, 0.25) is 0 Å². The SMILES string of the molecule is COC(=O)CCCCCO[C@@H]1O[C@H](CO)[C@H](O)[C@H](O[C@@H]2O[C@H](CO)[C@@H](O[C@@H]3O[C@H](CO)[C@H](O)[C@H](O[C@]4(C(=O)O)C[C@H](O)[C@@H](NC(C)=O)[C@H]([C@H](O)[C@H](O)CO)O4)[C@H]3O)[C@H](O[C@@H]3O[C@@H](C)[C@@H](O)[C@@H](O)[C@@H]3O)[C@H]2NC(C)=O)[C@H]1O[C@@H]1O[C@H](CO)[C@@H](O[C@@H]2O[C@H](CO)[C@H](O)[C@H](O[C@]3(C(=O)O)C[C@H](O)[C@@H](NC(C)=O)[C@H]([C@H](O)[C@H](O)CO)O3)[C@H]2O)[C@H](O[C@@H]2O[C@@H](C)[C@@H](O)[C@@H](O)[C@@H]2O)[C@H]1NC(C)=O. The molecule has 0 unspecified atom stereocenters. The molecular formula is C75H124N4O52. The van der Waals surface area contributed by atoms with E-state index in [9.17, 15) is 166 Å². The smallest absolute Gasteiger partial charge is 0.364 e. The van der Waals surface area contributed by atoms with Crippen molar-refractivity contribution < 1.29 is 256 Å². The third-order valence-electron chi connectivity index (χ3n) is 23.8. The first-order chi connectivity index (χ1) is 61.7. The Morgan fingerprint density at radius 2 is 0.679 bits per heavy atom. The summed E-state index contributed by atoms with van der Waals surface area (Å²) in [6, 6.07) is -8.00. The molecular weight excluding hydrogens is 1790 g/mol. The lowest BCUT2D eigenvalue weighted by Crippen LogP contribution is -2.73. The predicted molar refractivity (Wildman–Crippen MR) is 409 cm³/mol. The van der Waals surface area contributed by atoms with E-state index >= 15 is 0 Å². The molecule has 56 heteroatoms. The van der Waals surface area contributed by atoms with Crippen LogP contribution < -0.4 is 21.3 Å². The van der Waals surface area contributed by atoms with Crippen molar-refractivity contribution in [2.24, 2.45) is 0 Å². The second-order valence-corrected chi connectivity index (χ2v) is 33.2. The van der Waals surface area contributed by atoms with Crippen molar-refractivity contribution in [3.8, 4) is 0 Å². The molecule has 0 saturated carbocycles. The summed E-state index contributed by atoms with van der Waals surface area (Å²) < 4.78 is 116. The Bertz CT molecular complexity index is 3660. The standard InChI is InChI=1S/C75H124N4O52/c1-22-42(96)49(103)51(105)67(115-22)124-59-40(78-26(5)89)65(120-35(20-85)55(59)122-69-53(107)61(46(100)32(17-82)117-69)130-74(72(109)110)13-28(91)38(76-24(3)87)57(128-74)44(98)30(93)15-80)126-63-48(102)34(19-84)119-71(114-12-10-8-9-11-37(95)113-7)64(63)127-66-41(79-27(6)90)60(125-68-52(106)50(104)43(97)23(2)116-68)56(36(21-86)121-66)123-70-54(108)62(47(101)33(18-83)118-70)131-75(73(111)112)14-29(92)39(77-25(4)88)58(129-75)45(99)31(94)16-81/h22-23,28-36,38-71,80-86,91-94,96-108H,8-21H2,1-7H3,(H,76,87)(H,77,88)(H,78,89)(H,79,90)(H,109,110)(H,111,112)/t22-,23-,28-,29-,30+,31+,32+,33+,34+,35+,36+,38+,39+,40+,41+,42+,43+,44+,45+,46-,47-,48-,49+,50+,51-,52-,53+,54+,55+,56+,57+,58+,59+,60+,61-,62-,63-,64+,65-,66-,67-,68-,69-,70-,71+,74-,75-/m0/s1. The number of carboxylic acids is 2. The summed E-state index contributed by atoms with van der Waals surface area (Å²) in [5, 5.41) is 303. The lowest BCUT2D eigenvalue weighted by Gasteiger charge is -2.53. The van der Waals surface area contributed by atoms with E-state index in [-0.39, 0.29) is 25.7 Å². The Morgan fingerprint density at radius 1 is 0.359 bits per heavy atom. The van der Waals surface area contributed by atoms with Crippen LogP contribution in [0.4, 0.5) is 0 Å². The van der Waals surface area contributed by atoms with Gasteiger partial charge in [0.05, 0.1) is 89.9 Å². The zero-order chi connectivity index (χ0) is 97.2. The molecule has 0 aliphatic carbocycles. The maximum absolute atomic E-state index is 14.0. The third kappa shape index (κ3) is 25.0. The minimum absolute atomic E-state index is 0.0103. The highest BCUT2D eigenvalue weighted by molar-refractivity contribution is 5.78. The van der Waals surface area contributed by atoms with Crippen molar-refractivity contribution in [3.63, 3.8) is 0 Å². The number of rotatable bonds is 40. The molecule has 9 aliphatic rings. The highest BCUT2D eigenvalue weighted by atomic mass is 16.8. The molecule has 9 saturated heterocycles. The van der Waals surface area contributed by atoms with E-state index < -0.39 is 395 Å². The minimum atomic E-state index is -3.39. The van der Waals surface area contributed by atoms with Crippen LogP contribution in [0.5, 0.6) is 0 Å². The Morgan fingerprint density at radius 3 is 1.02 bits per heavy atom. The lowest BCUT2D eigenvalue weighted by molar-refractivity contribution is -0.409. The van der Waals surface area contributed by atoms with Gasteiger partial charge in [0.1, 0.15) is 195 Å². The van der Waals surface area contributed by atoms with Crippen LogP contribution in [0, 0.1) is 0 Å². The van der Waals surface area contributed by atoms with E-state index in [1.54, 1.807) is 0 Å². The number of methoxy groups -OCH3 is 1. The van der Waals surface area contributed by atoms with Crippen molar-refractivity contribution in [2.75, 3.05) is 60.0 Å². The number of carboxylic acid groups (broad SMARTS) is 2. The molecule has 0 radical (unpaired) electrons.